The normalized spacial score (nSPS) is 10.6. The molecule has 0 saturated heterocycles. The molecule has 2 aromatic rings. The highest BCUT2D eigenvalue weighted by atomic mass is 16.4. The maximum Gasteiger partial charge on any atom is 0.238 e. The van der Waals surface area contributed by atoms with Crippen molar-refractivity contribution in [1.29, 1.82) is 0 Å². The molecule has 1 heterocycles. The first-order valence-corrected chi connectivity index (χ1v) is 7.20. The van der Waals surface area contributed by atoms with Crippen molar-refractivity contribution >= 4 is 23.2 Å². The first-order chi connectivity index (χ1) is 10.9. The van der Waals surface area contributed by atoms with E-state index in [1.165, 1.54) is 6.92 Å². The van der Waals surface area contributed by atoms with Gasteiger partial charge in [0.1, 0.15) is 5.76 Å². The van der Waals surface area contributed by atoms with E-state index in [-0.39, 0.29) is 18.4 Å². The number of carbonyl (C=O) groups excluding carboxylic acids is 2. The fraction of sp³-hybridized carbons (Fsp3) is 0.312. The molecule has 7 nitrogen and oxygen atoms in total. The number of oxazole rings is 1. The molecule has 0 spiro atoms. The van der Waals surface area contributed by atoms with Crippen LogP contribution in [0.15, 0.2) is 34.9 Å². The van der Waals surface area contributed by atoms with Gasteiger partial charge in [0, 0.05) is 18.3 Å². The summed E-state index contributed by atoms with van der Waals surface area (Å²) in [4.78, 5) is 29.0. The quantitative estimate of drug-likeness (QED) is 0.851. The number of nitrogens with one attached hydrogen (secondary N) is 2. The van der Waals surface area contributed by atoms with Crippen LogP contribution in [0.1, 0.15) is 18.6 Å². The smallest absolute Gasteiger partial charge is 0.238 e. The third-order valence-electron chi connectivity index (χ3n) is 2.95. The van der Waals surface area contributed by atoms with E-state index in [1.807, 2.05) is 14.0 Å². The van der Waals surface area contributed by atoms with Crippen LogP contribution in [0, 0.1) is 6.92 Å². The summed E-state index contributed by atoms with van der Waals surface area (Å²) in [6.45, 7) is 3.91. The minimum absolute atomic E-state index is 0.157. The molecule has 2 N–H and O–H groups in total. The zero-order valence-corrected chi connectivity index (χ0v) is 13.4. The Morgan fingerprint density at radius 2 is 1.96 bits per heavy atom. The Morgan fingerprint density at radius 3 is 2.57 bits per heavy atom. The Kier molecular flexibility index (Phi) is 5.48. The second kappa shape index (κ2) is 7.55. The summed E-state index contributed by atoms with van der Waals surface area (Å²) in [6, 6.07) is 6.99. The van der Waals surface area contributed by atoms with Crippen molar-refractivity contribution in [3.63, 3.8) is 0 Å². The van der Waals surface area contributed by atoms with E-state index in [1.54, 1.807) is 35.4 Å². The number of carbonyl (C=O) groups is 2. The lowest BCUT2D eigenvalue weighted by atomic mass is 10.2. The summed E-state index contributed by atoms with van der Waals surface area (Å²) >= 11 is 0. The summed E-state index contributed by atoms with van der Waals surface area (Å²) in [5.74, 6) is 1.00. The Bertz CT molecular complexity index is 696. The Hall–Kier alpha value is -2.67. The van der Waals surface area contributed by atoms with Crippen LogP contribution in [0.4, 0.5) is 11.4 Å². The van der Waals surface area contributed by atoms with Gasteiger partial charge in [-0.05, 0) is 32.2 Å². The van der Waals surface area contributed by atoms with Crippen molar-refractivity contribution in [2.45, 2.75) is 20.4 Å². The number of anilines is 2. The second-order valence-electron chi connectivity index (χ2n) is 5.35. The van der Waals surface area contributed by atoms with Crippen molar-refractivity contribution in [3.8, 4) is 0 Å². The maximum absolute atomic E-state index is 12.1. The first-order valence-electron chi connectivity index (χ1n) is 7.20. The predicted octanol–water partition coefficient (Wildman–Crippen LogP) is 2.01. The molecular weight excluding hydrogens is 296 g/mol. The lowest BCUT2D eigenvalue weighted by Gasteiger charge is -2.14. The number of aryl methyl sites for hydroxylation is 1. The van der Waals surface area contributed by atoms with E-state index >= 15 is 0 Å². The molecule has 0 bridgehead atoms. The maximum atomic E-state index is 12.1. The van der Waals surface area contributed by atoms with Gasteiger partial charge in [0.05, 0.1) is 19.3 Å². The Balaban J connectivity index is 1.87. The van der Waals surface area contributed by atoms with Gasteiger partial charge in [0.25, 0.3) is 0 Å². The van der Waals surface area contributed by atoms with E-state index < -0.39 is 0 Å². The molecule has 0 saturated carbocycles. The number of likely N-dealkylation sites (N-methyl/N-ethyl adjacent to an activating group) is 1. The highest BCUT2D eigenvalue weighted by Gasteiger charge is 2.10. The van der Waals surface area contributed by atoms with Gasteiger partial charge in [-0.15, -0.1) is 0 Å². The topological polar surface area (TPSA) is 87.5 Å². The molecule has 122 valence electrons. The van der Waals surface area contributed by atoms with Crippen LogP contribution in [-0.4, -0.2) is 35.3 Å². The summed E-state index contributed by atoms with van der Waals surface area (Å²) in [5.41, 5.74) is 1.26. The van der Waals surface area contributed by atoms with Gasteiger partial charge in [-0.2, -0.15) is 0 Å². The first kappa shape index (κ1) is 16.7. The third kappa shape index (κ3) is 5.55. The summed E-state index contributed by atoms with van der Waals surface area (Å²) in [5, 5.41) is 5.47. The molecule has 0 aliphatic rings. The molecular formula is C16H20N4O3. The Morgan fingerprint density at radius 1 is 1.26 bits per heavy atom. The van der Waals surface area contributed by atoms with Gasteiger partial charge in [0.2, 0.25) is 17.7 Å². The lowest BCUT2D eigenvalue weighted by Crippen LogP contribution is -2.29. The van der Waals surface area contributed by atoms with Crippen molar-refractivity contribution in [3.05, 3.63) is 42.1 Å². The van der Waals surface area contributed by atoms with Crippen LogP contribution in [0.25, 0.3) is 0 Å². The number of aromatic nitrogens is 1. The minimum atomic E-state index is -0.158. The summed E-state index contributed by atoms with van der Waals surface area (Å²) in [6.07, 6.45) is 1.65. The number of hydrogen-bond acceptors (Lipinski definition) is 5. The number of hydrogen-bond donors (Lipinski definition) is 2. The fourth-order valence-electron chi connectivity index (χ4n) is 2.08. The van der Waals surface area contributed by atoms with Crippen LogP contribution in [0.2, 0.25) is 0 Å². The highest BCUT2D eigenvalue weighted by Crippen LogP contribution is 2.15. The van der Waals surface area contributed by atoms with E-state index in [9.17, 15) is 9.59 Å². The van der Waals surface area contributed by atoms with Gasteiger partial charge in [-0.3, -0.25) is 14.5 Å². The molecule has 0 unspecified atom stereocenters. The van der Waals surface area contributed by atoms with Crippen LogP contribution in [0.5, 0.6) is 0 Å². The zero-order valence-electron chi connectivity index (χ0n) is 13.4. The zero-order chi connectivity index (χ0) is 16.8. The predicted molar refractivity (Wildman–Crippen MR) is 86.9 cm³/mol. The van der Waals surface area contributed by atoms with E-state index in [0.29, 0.717) is 23.8 Å². The summed E-state index contributed by atoms with van der Waals surface area (Å²) in [7, 11) is 1.81. The van der Waals surface area contributed by atoms with Crippen LogP contribution >= 0.6 is 0 Å². The van der Waals surface area contributed by atoms with E-state index in [4.69, 9.17) is 4.42 Å². The van der Waals surface area contributed by atoms with Crippen LogP contribution in [-0.2, 0) is 16.1 Å². The average Bonchev–Trinajstić information content (AvgIpc) is 2.83. The third-order valence-corrected chi connectivity index (χ3v) is 2.95. The standard InChI is InChI=1S/C16H20N4O3/c1-11-8-17-16(23-11)10-20(3)9-15(22)19-14-6-4-5-13(7-14)18-12(2)21/h4-8H,9-10H2,1-3H3,(H,18,21)(H,19,22). The molecule has 0 aliphatic carbocycles. The molecule has 0 fully saturated rings. The van der Waals surface area contributed by atoms with Gasteiger partial charge in [-0.1, -0.05) is 6.07 Å². The van der Waals surface area contributed by atoms with E-state index in [0.717, 1.165) is 5.76 Å². The number of nitrogens with zero attached hydrogens (tertiary/aromatic N) is 2. The number of rotatable bonds is 6. The van der Waals surface area contributed by atoms with Crippen molar-refractivity contribution in [2.75, 3.05) is 24.2 Å². The highest BCUT2D eigenvalue weighted by molar-refractivity contribution is 5.94. The molecule has 23 heavy (non-hydrogen) atoms. The van der Waals surface area contributed by atoms with Crippen molar-refractivity contribution < 1.29 is 14.0 Å². The molecule has 2 rings (SSSR count). The molecule has 1 aromatic carbocycles. The lowest BCUT2D eigenvalue weighted by molar-refractivity contribution is -0.117. The van der Waals surface area contributed by atoms with Crippen molar-refractivity contribution in [1.82, 2.24) is 9.88 Å². The average molecular weight is 316 g/mol. The van der Waals surface area contributed by atoms with Gasteiger partial charge < -0.3 is 15.1 Å². The molecule has 0 aliphatic heterocycles. The van der Waals surface area contributed by atoms with Gasteiger partial charge >= 0.3 is 0 Å². The van der Waals surface area contributed by atoms with Crippen LogP contribution in [0.3, 0.4) is 0 Å². The molecule has 7 heteroatoms. The molecule has 0 radical (unpaired) electrons. The molecule has 0 atom stereocenters. The fourth-order valence-corrected chi connectivity index (χ4v) is 2.08. The van der Waals surface area contributed by atoms with E-state index in [2.05, 4.69) is 15.6 Å². The number of amides is 2. The van der Waals surface area contributed by atoms with Crippen molar-refractivity contribution in [2.24, 2.45) is 0 Å². The van der Waals surface area contributed by atoms with Gasteiger partial charge in [0.15, 0.2) is 0 Å². The number of benzene rings is 1. The largest absolute Gasteiger partial charge is 0.445 e. The Labute approximate surface area is 134 Å². The molecule has 2 amide bonds. The van der Waals surface area contributed by atoms with Gasteiger partial charge in [-0.25, -0.2) is 4.98 Å². The molecule has 1 aromatic heterocycles. The SMILES string of the molecule is CC(=O)Nc1cccc(NC(=O)CN(C)Cc2ncc(C)o2)c1. The summed E-state index contributed by atoms with van der Waals surface area (Å²) < 4.78 is 5.38. The second-order valence-corrected chi connectivity index (χ2v) is 5.35. The van der Waals surface area contributed by atoms with Crippen LogP contribution < -0.4 is 10.6 Å². The monoisotopic (exact) mass is 316 g/mol. The minimum Gasteiger partial charge on any atom is -0.445 e.